The van der Waals surface area contributed by atoms with Crippen molar-refractivity contribution in [1.29, 1.82) is 0 Å². The summed E-state index contributed by atoms with van der Waals surface area (Å²) in [5.74, 6) is 1.18. The Hall–Kier alpha value is -1.62. The molecule has 1 aliphatic carbocycles. The zero-order valence-corrected chi connectivity index (χ0v) is 12.5. The lowest BCUT2D eigenvalue weighted by atomic mass is 9.87. The van der Waals surface area contributed by atoms with Gasteiger partial charge in [-0.15, -0.1) is 0 Å². The molecule has 2 unspecified atom stereocenters. The molecule has 1 amide bonds. The predicted octanol–water partition coefficient (Wildman–Crippen LogP) is 1.69. The first-order chi connectivity index (χ1) is 10.2. The van der Waals surface area contributed by atoms with E-state index in [0.717, 1.165) is 31.2 Å². The number of pyridine rings is 1. The van der Waals surface area contributed by atoms with Crippen LogP contribution in [0.1, 0.15) is 37.7 Å². The molecule has 5 nitrogen and oxygen atoms in total. The van der Waals surface area contributed by atoms with E-state index in [4.69, 9.17) is 4.74 Å². The second-order valence-corrected chi connectivity index (χ2v) is 5.72. The monoisotopic (exact) mass is 292 g/mol. The second-order valence-electron chi connectivity index (χ2n) is 5.72. The molecule has 0 radical (unpaired) electrons. The summed E-state index contributed by atoms with van der Waals surface area (Å²) >= 11 is 0. The summed E-state index contributed by atoms with van der Waals surface area (Å²) in [4.78, 5) is 15.9. The maximum absolute atomic E-state index is 11.9. The number of carbonyl (C=O) groups excluding carboxylic acids is 1. The van der Waals surface area contributed by atoms with Crippen LogP contribution in [-0.4, -0.2) is 35.8 Å². The zero-order valence-electron chi connectivity index (χ0n) is 12.5. The van der Waals surface area contributed by atoms with Crippen LogP contribution in [0.2, 0.25) is 0 Å². The first kappa shape index (κ1) is 15.8. The number of aliphatic hydroxyl groups is 1. The number of carbonyl (C=O) groups is 1. The molecule has 0 saturated heterocycles. The van der Waals surface area contributed by atoms with Crippen molar-refractivity contribution in [2.45, 2.75) is 44.6 Å². The topological polar surface area (TPSA) is 71.5 Å². The minimum absolute atomic E-state index is 0.0536. The molecule has 5 heteroatoms. The van der Waals surface area contributed by atoms with Crippen molar-refractivity contribution in [3.05, 3.63) is 24.0 Å². The van der Waals surface area contributed by atoms with E-state index < -0.39 is 0 Å². The third kappa shape index (κ3) is 5.34. The van der Waals surface area contributed by atoms with E-state index in [1.165, 1.54) is 0 Å². The fraction of sp³-hybridized carbons (Fsp3) is 0.625. The third-order valence-electron chi connectivity index (χ3n) is 3.99. The van der Waals surface area contributed by atoms with Gasteiger partial charge in [-0.3, -0.25) is 9.78 Å². The van der Waals surface area contributed by atoms with Crippen LogP contribution in [0.15, 0.2) is 18.5 Å². The average molecular weight is 292 g/mol. The molecule has 2 N–H and O–H groups in total. The molecule has 0 aliphatic heterocycles. The number of rotatable bonds is 6. The quantitative estimate of drug-likeness (QED) is 0.837. The Morgan fingerprint density at radius 3 is 3.10 bits per heavy atom. The van der Waals surface area contributed by atoms with Crippen molar-refractivity contribution in [2.24, 2.45) is 5.92 Å². The molecular weight excluding hydrogens is 268 g/mol. The fourth-order valence-corrected chi connectivity index (χ4v) is 2.76. The molecule has 21 heavy (non-hydrogen) atoms. The van der Waals surface area contributed by atoms with Crippen LogP contribution in [0.25, 0.3) is 0 Å². The molecular formula is C16H24N2O3. The summed E-state index contributed by atoms with van der Waals surface area (Å²) in [6.45, 7) is 0.673. The number of aryl methyl sites for hydroxylation is 1. The van der Waals surface area contributed by atoms with Crippen LogP contribution >= 0.6 is 0 Å². The Labute approximate surface area is 125 Å². The van der Waals surface area contributed by atoms with Gasteiger partial charge in [0.15, 0.2) is 0 Å². The number of methoxy groups -OCH3 is 1. The number of hydrogen-bond acceptors (Lipinski definition) is 4. The van der Waals surface area contributed by atoms with Crippen LogP contribution < -0.4 is 10.1 Å². The van der Waals surface area contributed by atoms with Gasteiger partial charge in [-0.1, -0.05) is 6.42 Å². The highest BCUT2D eigenvalue weighted by Gasteiger charge is 2.20. The molecule has 1 aliphatic rings. The standard InChI is InChI=1S/C16H24N2O3/c1-21-15-8-13(9-17-11-15)5-6-16(20)18-10-12-3-2-4-14(19)7-12/h8-9,11-12,14,19H,2-7,10H2,1H3,(H,18,20). The van der Waals surface area contributed by atoms with E-state index in [2.05, 4.69) is 10.3 Å². The average Bonchev–Trinajstić information content (AvgIpc) is 2.51. The van der Waals surface area contributed by atoms with Crippen molar-refractivity contribution in [3.63, 3.8) is 0 Å². The van der Waals surface area contributed by atoms with E-state index in [9.17, 15) is 9.90 Å². The Morgan fingerprint density at radius 1 is 1.48 bits per heavy atom. The second kappa shape index (κ2) is 7.98. The summed E-state index contributed by atoms with van der Waals surface area (Å²) in [6, 6.07) is 1.90. The maximum atomic E-state index is 11.9. The van der Waals surface area contributed by atoms with Gasteiger partial charge in [0.2, 0.25) is 5.91 Å². The van der Waals surface area contributed by atoms with Crippen molar-refractivity contribution in [1.82, 2.24) is 10.3 Å². The highest BCUT2D eigenvalue weighted by atomic mass is 16.5. The Balaban J connectivity index is 1.69. The predicted molar refractivity (Wildman–Crippen MR) is 80.1 cm³/mol. The van der Waals surface area contributed by atoms with Gasteiger partial charge in [0.05, 0.1) is 19.4 Å². The number of ether oxygens (including phenoxy) is 1. The van der Waals surface area contributed by atoms with E-state index in [1.807, 2.05) is 6.07 Å². The number of aliphatic hydroxyl groups excluding tert-OH is 1. The number of aromatic nitrogens is 1. The Bertz CT molecular complexity index is 465. The fourth-order valence-electron chi connectivity index (χ4n) is 2.76. The molecule has 0 bridgehead atoms. The molecule has 0 aromatic carbocycles. The number of hydrogen-bond donors (Lipinski definition) is 2. The van der Waals surface area contributed by atoms with Gasteiger partial charge < -0.3 is 15.2 Å². The minimum atomic E-state index is -0.191. The van der Waals surface area contributed by atoms with E-state index >= 15 is 0 Å². The van der Waals surface area contributed by atoms with E-state index in [1.54, 1.807) is 19.5 Å². The van der Waals surface area contributed by atoms with Crippen LogP contribution in [0, 0.1) is 5.92 Å². The third-order valence-corrected chi connectivity index (χ3v) is 3.99. The summed E-state index contributed by atoms with van der Waals surface area (Å²) < 4.78 is 5.11. The smallest absolute Gasteiger partial charge is 0.220 e. The van der Waals surface area contributed by atoms with Gasteiger partial charge >= 0.3 is 0 Å². The van der Waals surface area contributed by atoms with E-state index in [0.29, 0.717) is 31.1 Å². The van der Waals surface area contributed by atoms with Crippen molar-refractivity contribution in [3.8, 4) is 5.75 Å². The summed E-state index contributed by atoms with van der Waals surface area (Å²) in [6.07, 6.45) is 8.17. The molecule has 0 spiro atoms. The van der Waals surface area contributed by atoms with Gasteiger partial charge in [0.25, 0.3) is 0 Å². The van der Waals surface area contributed by atoms with Crippen LogP contribution in [-0.2, 0) is 11.2 Å². The lowest BCUT2D eigenvalue weighted by molar-refractivity contribution is -0.121. The molecule has 1 aromatic rings. The molecule has 1 aromatic heterocycles. The summed E-state index contributed by atoms with van der Waals surface area (Å²) in [7, 11) is 1.60. The van der Waals surface area contributed by atoms with Gasteiger partial charge in [-0.05, 0) is 43.2 Å². The molecule has 1 saturated carbocycles. The maximum Gasteiger partial charge on any atom is 0.220 e. The highest BCUT2D eigenvalue weighted by molar-refractivity contribution is 5.76. The Kier molecular flexibility index (Phi) is 5.99. The zero-order chi connectivity index (χ0) is 15.1. The number of amides is 1. The lowest BCUT2D eigenvalue weighted by Gasteiger charge is -2.25. The summed E-state index contributed by atoms with van der Waals surface area (Å²) in [5.41, 5.74) is 0.998. The molecule has 2 atom stereocenters. The van der Waals surface area contributed by atoms with E-state index in [-0.39, 0.29) is 12.0 Å². The first-order valence-electron chi connectivity index (χ1n) is 7.60. The highest BCUT2D eigenvalue weighted by Crippen LogP contribution is 2.23. The van der Waals surface area contributed by atoms with Gasteiger partial charge in [-0.25, -0.2) is 0 Å². The van der Waals surface area contributed by atoms with Gasteiger partial charge in [-0.2, -0.15) is 0 Å². The molecule has 2 rings (SSSR count). The molecule has 1 fully saturated rings. The Morgan fingerprint density at radius 2 is 2.33 bits per heavy atom. The van der Waals surface area contributed by atoms with Crippen molar-refractivity contribution < 1.29 is 14.6 Å². The van der Waals surface area contributed by atoms with Crippen LogP contribution in [0.4, 0.5) is 0 Å². The number of nitrogens with one attached hydrogen (secondary N) is 1. The summed E-state index contributed by atoms with van der Waals surface area (Å²) in [5, 5.41) is 12.6. The van der Waals surface area contributed by atoms with Crippen molar-refractivity contribution >= 4 is 5.91 Å². The van der Waals surface area contributed by atoms with Crippen LogP contribution in [0.3, 0.4) is 0 Å². The van der Waals surface area contributed by atoms with Gasteiger partial charge in [0.1, 0.15) is 5.75 Å². The normalized spacial score (nSPS) is 21.8. The first-order valence-corrected chi connectivity index (χ1v) is 7.60. The molecule has 116 valence electrons. The SMILES string of the molecule is COc1cncc(CCC(=O)NCC2CCCC(O)C2)c1. The molecule has 1 heterocycles. The number of nitrogens with zero attached hydrogens (tertiary/aromatic N) is 1. The largest absolute Gasteiger partial charge is 0.495 e. The minimum Gasteiger partial charge on any atom is -0.495 e. The lowest BCUT2D eigenvalue weighted by Crippen LogP contribution is -2.33. The van der Waals surface area contributed by atoms with Gasteiger partial charge in [0, 0.05) is 19.2 Å². The van der Waals surface area contributed by atoms with Crippen LogP contribution in [0.5, 0.6) is 5.75 Å². The van der Waals surface area contributed by atoms with Crippen molar-refractivity contribution in [2.75, 3.05) is 13.7 Å².